The number of nitrogens with two attached hydrogens (primary N) is 1. The molecule has 1 aromatic heterocycles. The Morgan fingerprint density at radius 3 is 2.43 bits per heavy atom. The largest absolute Gasteiger partial charge is 0.407 e. The van der Waals surface area contributed by atoms with Gasteiger partial charge < -0.3 is 5.73 Å². The Kier molecular flexibility index (Phi) is 4.83. The summed E-state index contributed by atoms with van der Waals surface area (Å²) in [4.78, 5) is 3.57. The van der Waals surface area contributed by atoms with E-state index < -0.39 is 12.2 Å². The molecule has 0 aliphatic carbocycles. The van der Waals surface area contributed by atoms with Gasteiger partial charge in [0.25, 0.3) is 0 Å². The van der Waals surface area contributed by atoms with E-state index in [1.54, 1.807) is 0 Å². The minimum atomic E-state index is -4.44. The summed E-state index contributed by atoms with van der Waals surface area (Å²) in [5.74, 6) is 0. The molecule has 0 aromatic carbocycles. The fourth-order valence-corrected chi connectivity index (χ4v) is 1.26. The van der Waals surface area contributed by atoms with Gasteiger partial charge in [-0.15, -0.1) is 12.4 Å². The van der Waals surface area contributed by atoms with E-state index in [0.29, 0.717) is 4.47 Å². The zero-order valence-corrected chi connectivity index (χ0v) is 9.16. The summed E-state index contributed by atoms with van der Waals surface area (Å²) in [6.07, 6.45) is -1.95. The number of aromatic nitrogens is 1. The summed E-state index contributed by atoms with van der Waals surface area (Å²) in [5.41, 5.74) is 4.92. The summed E-state index contributed by atoms with van der Waals surface area (Å²) in [6, 6.07) is -0.573. The third-order valence-corrected chi connectivity index (χ3v) is 2.21. The predicted molar refractivity (Wildman–Crippen MR) is 52.2 cm³/mol. The van der Waals surface area contributed by atoms with Crippen molar-refractivity contribution in [2.45, 2.75) is 12.2 Å². The van der Waals surface area contributed by atoms with Crippen molar-refractivity contribution in [1.29, 1.82) is 0 Å². The molecule has 1 aromatic rings. The molecule has 7 heteroatoms. The van der Waals surface area contributed by atoms with Crippen molar-refractivity contribution < 1.29 is 13.2 Å². The van der Waals surface area contributed by atoms with Crippen LogP contribution in [0.4, 0.5) is 13.2 Å². The van der Waals surface area contributed by atoms with Crippen LogP contribution in [0.1, 0.15) is 11.6 Å². The second-order valence-electron chi connectivity index (χ2n) is 2.42. The third-order valence-electron chi connectivity index (χ3n) is 1.48. The van der Waals surface area contributed by atoms with Crippen LogP contribution in [0, 0.1) is 0 Å². The first-order valence-electron chi connectivity index (χ1n) is 3.34. The number of rotatable bonds is 1. The van der Waals surface area contributed by atoms with Crippen molar-refractivity contribution in [2.24, 2.45) is 5.73 Å². The number of hydrogen-bond acceptors (Lipinski definition) is 2. The molecule has 0 spiro atoms. The number of halogens is 5. The van der Waals surface area contributed by atoms with Gasteiger partial charge in [-0.2, -0.15) is 13.2 Å². The lowest BCUT2D eigenvalue weighted by Crippen LogP contribution is -2.28. The first-order valence-corrected chi connectivity index (χ1v) is 4.14. The van der Waals surface area contributed by atoms with Crippen LogP contribution in [-0.4, -0.2) is 11.2 Å². The zero-order chi connectivity index (χ0) is 10.1. The molecule has 0 radical (unpaired) electrons. The second-order valence-corrected chi connectivity index (χ2v) is 3.27. The molecule has 0 saturated carbocycles. The first kappa shape index (κ1) is 13.7. The maximum Gasteiger partial charge on any atom is 0.407 e. The zero-order valence-electron chi connectivity index (χ0n) is 6.75. The Balaban J connectivity index is 0.00000169. The van der Waals surface area contributed by atoms with Gasteiger partial charge in [-0.1, -0.05) is 15.9 Å². The van der Waals surface area contributed by atoms with Crippen LogP contribution in [0.3, 0.4) is 0 Å². The Morgan fingerprint density at radius 2 is 2.00 bits per heavy atom. The smallest absolute Gasteiger partial charge is 0.316 e. The second kappa shape index (κ2) is 4.95. The summed E-state index contributed by atoms with van der Waals surface area (Å²) >= 11 is 2.97. The topological polar surface area (TPSA) is 38.9 Å². The molecule has 1 rings (SSSR count). The number of pyridine rings is 1. The predicted octanol–water partition coefficient (Wildman–Crippen LogP) is 2.83. The molecular weight excluding hydrogens is 284 g/mol. The van der Waals surface area contributed by atoms with Gasteiger partial charge in [-0.3, -0.25) is 4.98 Å². The quantitative estimate of drug-likeness (QED) is 0.864. The summed E-state index contributed by atoms with van der Waals surface area (Å²) < 4.78 is 36.7. The molecule has 0 aliphatic rings. The maximum atomic E-state index is 12.1. The highest BCUT2D eigenvalue weighted by Crippen LogP contribution is 2.33. The van der Waals surface area contributed by atoms with Crippen LogP contribution in [-0.2, 0) is 0 Å². The van der Waals surface area contributed by atoms with E-state index in [9.17, 15) is 13.2 Å². The molecule has 2 N–H and O–H groups in total. The average molecular weight is 291 g/mol. The average Bonchev–Trinajstić information content (AvgIpc) is 2.02. The lowest BCUT2D eigenvalue weighted by molar-refractivity contribution is -0.149. The molecule has 0 amide bonds. The van der Waals surface area contributed by atoms with E-state index in [-0.39, 0.29) is 18.0 Å². The van der Waals surface area contributed by atoms with E-state index >= 15 is 0 Å². The van der Waals surface area contributed by atoms with E-state index in [1.807, 2.05) is 0 Å². The van der Waals surface area contributed by atoms with Crippen molar-refractivity contribution in [3.05, 3.63) is 28.5 Å². The van der Waals surface area contributed by atoms with Crippen LogP contribution >= 0.6 is 28.3 Å². The van der Waals surface area contributed by atoms with E-state index in [1.165, 1.54) is 12.3 Å². The minimum Gasteiger partial charge on any atom is -0.316 e. The molecule has 0 bridgehead atoms. The highest BCUT2D eigenvalue weighted by atomic mass is 79.9. The number of nitrogens with zero attached hydrogens (tertiary/aromatic N) is 1. The molecule has 80 valence electrons. The van der Waals surface area contributed by atoms with Gasteiger partial charge in [0.1, 0.15) is 6.04 Å². The Labute approximate surface area is 93.2 Å². The van der Waals surface area contributed by atoms with Crippen LogP contribution < -0.4 is 5.73 Å². The monoisotopic (exact) mass is 290 g/mol. The molecule has 0 fully saturated rings. The van der Waals surface area contributed by atoms with Crippen LogP contribution in [0.2, 0.25) is 0 Å². The summed E-state index contributed by atoms with van der Waals surface area (Å²) in [5, 5.41) is 0. The molecule has 1 atom stereocenters. The third kappa shape index (κ3) is 3.11. The van der Waals surface area contributed by atoms with Crippen molar-refractivity contribution in [2.75, 3.05) is 0 Å². The van der Waals surface area contributed by atoms with E-state index in [0.717, 1.165) is 6.20 Å². The maximum absolute atomic E-state index is 12.1. The van der Waals surface area contributed by atoms with E-state index in [2.05, 4.69) is 20.9 Å². The molecule has 0 unspecified atom stereocenters. The molecule has 0 aliphatic heterocycles. The van der Waals surface area contributed by atoms with Gasteiger partial charge >= 0.3 is 6.18 Å². The standard InChI is InChI=1S/C7H6BrF3N2.ClH/c8-5-1-2-13-3-4(5)6(12)7(9,10)11;/h1-3,6H,12H2;1H/t6-;/m0./s1. The summed E-state index contributed by atoms with van der Waals surface area (Å²) in [7, 11) is 0. The lowest BCUT2D eigenvalue weighted by Gasteiger charge is -2.16. The van der Waals surface area contributed by atoms with Gasteiger partial charge in [-0.25, -0.2) is 0 Å². The van der Waals surface area contributed by atoms with Gasteiger partial charge in [-0.05, 0) is 6.07 Å². The van der Waals surface area contributed by atoms with Gasteiger partial charge in [0.2, 0.25) is 0 Å². The van der Waals surface area contributed by atoms with Crippen LogP contribution in [0.5, 0.6) is 0 Å². The Bertz CT molecular complexity index is 305. The summed E-state index contributed by atoms with van der Waals surface area (Å²) in [6.45, 7) is 0. The first-order chi connectivity index (χ1) is 5.93. The van der Waals surface area contributed by atoms with Gasteiger partial charge in [0.15, 0.2) is 0 Å². The van der Waals surface area contributed by atoms with Crippen molar-refractivity contribution in [3.8, 4) is 0 Å². The lowest BCUT2D eigenvalue weighted by atomic mass is 10.1. The highest BCUT2D eigenvalue weighted by Gasteiger charge is 2.38. The van der Waals surface area contributed by atoms with Crippen molar-refractivity contribution >= 4 is 28.3 Å². The molecule has 1 heterocycles. The van der Waals surface area contributed by atoms with Gasteiger partial charge in [0, 0.05) is 22.4 Å². The normalized spacial score (nSPS) is 13.2. The fourth-order valence-electron chi connectivity index (χ4n) is 0.795. The van der Waals surface area contributed by atoms with Crippen molar-refractivity contribution in [3.63, 3.8) is 0 Å². The Morgan fingerprint density at radius 1 is 1.43 bits per heavy atom. The Hall–Kier alpha value is -0.330. The molecule has 2 nitrogen and oxygen atoms in total. The van der Waals surface area contributed by atoms with Crippen LogP contribution in [0.15, 0.2) is 22.9 Å². The SMILES string of the molecule is Cl.N[C@@H](c1cnccc1Br)C(F)(F)F. The molecule has 14 heavy (non-hydrogen) atoms. The highest BCUT2D eigenvalue weighted by molar-refractivity contribution is 9.10. The molecular formula is C7H7BrClF3N2. The van der Waals surface area contributed by atoms with Crippen molar-refractivity contribution in [1.82, 2.24) is 4.98 Å². The fraction of sp³-hybridized carbons (Fsp3) is 0.286. The van der Waals surface area contributed by atoms with Gasteiger partial charge in [0.05, 0.1) is 0 Å². The minimum absolute atomic E-state index is 0. The molecule has 0 saturated heterocycles. The number of hydrogen-bond donors (Lipinski definition) is 1. The number of alkyl halides is 3. The van der Waals surface area contributed by atoms with E-state index in [4.69, 9.17) is 5.73 Å². The van der Waals surface area contributed by atoms with Crippen LogP contribution in [0.25, 0.3) is 0 Å².